The maximum atomic E-state index is 13.2. The monoisotopic (exact) mass is 463 g/mol. The third kappa shape index (κ3) is 5.07. The molecule has 0 spiro atoms. The van der Waals surface area contributed by atoms with Gasteiger partial charge in [-0.05, 0) is 55.0 Å². The Bertz CT molecular complexity index is 1390. The van der Waals surface area contributed by atoms with Gasteiger partial charge in [0.05, 0.1) is 16.7 Å². The number of thioether (sulfide) groups is 1. The Balaban J connectivity index is 1.53. The van der Waals surface area contributed by atoms with Crippen molar-refractivity contribution < 1.29 is 14.0 Å². The summed E-state index contributed by atoms with van der Waals surface area (Å²) in [5.74, 6) is -1.31. The molecule has 0 aliphatic rings. The summed E-state index contributed by atoms with van der Waals surface area (Å²) in [5.41, 5.74) is 5.90. The Morgan fingerprint density at radius 1 is 1.03 bits per heavy atom. The summed E-state index contributed by atoms with van der Waals surface area (Å²) in [6.45, 7) is 1.89. The SMILES string of the molecule is Cc1ccc(-n2c(SCC(=O)NNC(=O)c3ccc(F)cc3)nc3ccccc3c2=O)nc1. The maximum absolute atomic E-state index is 13.2. The average Bonchev–Trinajstić information content (AvgIpc) is 2.82. The number of halogens is 1. The molecule has 4 rings (SSSR count). The van der Waals surface area contributed by atoms with Crippen LogP contribution in [0, 0.1) is 12.7 Å². The van der Waals surface area contributed by atoms with Crippen LogP contribution in [0.2, 0.25) is 0 Å². The van der Waals surface area contributed by atoms with Gasteiger partial charge >= 0.3 is 0 Å². The molecule has 10 heteroatoms. The Morgan fingerprint density at radius 2 is 1.79 bits per heavy atom. The molecule has 0 fully saturated rings. The van der Waals surface area contributed by atoms with Crippen molar-refractivity contribution in [3.63, 3.8) is 0 Å². The zero-order valence-electron chi connectivity index (χ0n) is 17.4. The molecule has 2 N–H and O–H groups in total. The van der Waals surface area contributed by atoms with Crippen molar-refractivity contribution in [1.82, 2.24) is 25.4 Å². The number of carbonyl (C=O) groups excluding carboxylic acids is 2. The lowest BCUT2D eigenvalue weighted by atomic mass is 10.2. The molecule has 4 aromatic rings. The molecular formula is C23H18FN5O3S. The van der Waals surface area contributed by atoms with Crippen LogP contribution in [0.25, 0.3) is 16.7 Å². The van der Waals surface area contributed by atoms with Crippen LogP contribution in [-0.4, -0.2) is 32.1 Å². The third-order valence-corrected chi connectivity index (χ3v) is 5.56. The average molecular weight is 463 g/mol. The minimum Gasteiger partial charge on any atom is -0.272 e. The van der Waals surface area contributed by atoms with Crippen LogP contribution >= 0.6 is 11.8 Å². The number of fused-ring (bicyclic) bond motifs is 1. The summed E-state index contributed by atoms with van der Waals surface area (Å²) in [6.07, 6.45) is 1.64. The first-order valence-corrected chi connectivity index (χ1v) is 10.8. The van der Waals surface area contributed by atoms with E-state index in [0.29, 0.717) is 16.7 Å². The standard InChI is InChI=1S/C23H18FN5O3S/c1-14-6-11-19(25-12-14)29-22(32)17-4-2-3-5-18(17)26-23(29)33-13-20(30)27-28-21(31)15-7-9-16(24)10-8-15/h2-12H,13H2,1H3,(H,27,30)(H,28,31). The van der Waals surface area contributed by atoms with Crippen LogP contribution in [0.5, 0.6) is 0 Å². The maximum Gasteiger partial charge on any atom is 0.269 e. The summed E-state index contributed by atoms with van der Waals surface area (Å²) < 4.78 is 14.3. The lowest BCUT2D eigenvalue weighted by molar-refractivity contribution is -0.119. The molecule has 0 bridgehead atoms. The molecule has 0 aliphatic carbocycles. The summed E-state index contributed by atoms with van der Waals surface area (Å²) in [4.78, 5) is 46.4. The minimum atomic E-state index is -0.585. The number of aryl methyl sites for hydroxylation is 1. The number of pyridine rings is 1. The molecule has 0 radical (unpaired) electrons. The lowest BCUT2D eigenvalue weighted by Gasteiger charge is -2.13. The van der Waals surface area contributed by atoms with Crippen molar-refractivity contribution in [2.24, 2.45) is 0 Å². The number of hydrazine groups is 1. The van der Waals surface area contributed by atoms with Crippen molar-refractivity contribution in [3.8, 4) is 5.82 Å². The fourth-order valence-electron chi connectivity index (χ4n) is 2.97. The number of aromatic nitrogens is 3. The Labute approximate surface area is 191 Å². The van der Waals surface area contributed by atoms with Gasteiger partial charge in [-0.1, -0.05) is 30.0 Å². The highest BCUT2D eigenvalue weighted by Crippen LogP contribution is 2.20. The highest BCUT2D eigenvalue weighted by Gasteiger charge is 2.16. The van der Waals surface area contributed by atoms with Crippen LogP contribution in [0.3, 0.4) is 0 Å². The van der Waals surface area contributed by atoms with Crippen LogP contribution in [-0.2, 0) is 4.79 Å². The summed E-state index contributed by atoms with van der Waals surface area (Å²) in [5, 5.41) is 0.718. The Kier molecular flexibility index (Phi) is 6.45. The molecule has 2 aromatic heterocycles. The van der Waals surface area contributed by atoms with Gasteiger partial charge in [-0.25, -0.2) is 18.9 Å². The van der Waals surface area contributed by atoms with Crippen LogP contribution in [0.1, 0.15) is 15.9 Å². The van der Waals surface area contributed by atoms with E-state index in [9.17, 15) is 18.8 Å². The van der Waals surface area contributed by atoms with Crippen molar-refractivity contribution >= 4 is 34.5 Å². The molecule has 0 atom stereocenters. The first kappa shape index (κ1) is 22.2. The Hall–Kier alpha value is -4.05. The van der Waals surface area contributed by atoms with E-state index in [0.717, 1.165) is 29.5 Å². The fraction of sp³-hybridized carbons (Fsp3) is 0.0870. The Morgan fingerprint density at radius 3 is 2.52 bits per heavy atom. The number of carbonyl (C=O) groups is 2. The first-order chi connectivity index (χ1) is 15.9. The molecule has 2 heterocycles. The second kappa shape index (κ2) is 9.61. The van der Waals surface area contributed by atoms with Gasteiger partial charge in [0.25, 0.3) is 11.5 Å². The van der Waals surface area contributed by atoms with Crippen LogP contribution in [0.4, 0.5) is 4.39 Å². The normalized spacial score (nSPS) is 10.7. The van der Waals surface area contributed by atoms with Gasteiger partial charge in [0, 0.05) is 11.8 Å². The molecule has 2 amide bonds. The van der Waals surface area contributed by atoms with Gasteiger partial charge in [0.15, 0.2) is 5.16 Å². The predicted molar refractivity (Wildman–Crippen MR) is 123 cm³/mol. The van der Waals surface area contributed by atoms with Crippen molar-refractivity contribution in [2.45, 2.75) is 12.1 Å². The van der Waals surface area contributed by atoms with Gasteiger partial charge < -0.3 is 0 Å². The van der Waals surface area contributed by atoms with E-state index in [1.165, 1.54) is 16.7 Å². The minimum absolute atomic E-state index is 0.125. The smallest absolute Gasteiger partial charge is 0.269 e. The van der Waals surface area contributed by atoms with E-state index in [2.05, 4.69) is 20.8 Å². The lowest BCUT2D eigenvalue weighted by Crippen LogP contribution is -2.42. The van der Waals surface area contributed by atoms with Gasteiger partial charge in [-0.15, -0.1) is 0 Å². The van der Waals surface area contributed by atoms with E-state index >= 15 is 0 Å². The van der Waals surface area contributed by atoms with Gasteiger partial charge in [-0.2, -0.15) is 0 Å². The number of nitrogens with one attached hydrogen (secondary N) is 2. The summed E-state index contributed by atoms with van der Waals surface area (Å²) in [6, 6.07) is 15.4. The van der Waals surface area contributed by atoms with Gasteiger partial charge in [-0.3, -0.25) is 25.2 Å². The molecule has 2 aromatic carbocycles. The number of nitrogens with zero attached hydrogens (tertiary/aromatic N) is 3. The van der Waals surface area contributed by atoms with E-state index in [4.69, 9.17) is 0 Å². The van der Waals surface area contributed by atoms with E-state index in [-0.39, 0.29) is 22.0 Å². The second-order valence-corrected chi connectivity index (χ2v) is 7.99. The molecule has 8 nitrogen and oxygen atoms in total. The highest BCUT2D eigenvalue weighted by molar-refractivity contribution is 7.99. The van der Waals surface area contributed by atoms with E-state index in [1.54, 1.807) is 36.5 Å². The molecule has 0 saturated carbocycles. The summed E-state index contributed by atoms with van der Waals surface area (Å²) in [7, 11) is 0. The second-order valence-electron chi connectivity index (χ2n) is 7.04. The zero-order valence-corrected chi connectivity index (χ0v) is 18.2. The van der Waals surface area contributed by atoms with Gasteiger partial charge in [0.1, 0.15) is 11.6 Å². The topological polar surface area (TPSA) is 106 Å². The number of hydrogen-bond acceptors (Lipinski definition) is 6. The molecule has 0 unspecified atom stereocenters. The third-order valence-electron chi connectivity index (χ3n) is 4.62. The summed E-state index contributed by atoms with van der Waals surface area (Å²) >= 11 is 1.03. The number of para-hydroxylation sites is 1. The van der Waals surface area contributed by atoms with Crippen LogP contribution in [0.15, 0.2) is 76.8 Å². The molecule has 0 aliphatic heterocycles. The molecule has 166 valence electrons. The fourth-order valence-corrected chi connectivity index (χ4v) is 3.77. The number of amides is 2. The first-order valence-electron chi connectivity index (χ1n) is 9.85. The van der Waals surface area contributed by atoms with Crippen molar-refractivity contribution in [1.29, 1.82) is 0 Å². The van der Waals surface area contributed by atoms with Crippen molar-refractivity contribution in [2.75, 3.05) is 5.75 Å². The predicted octanol–water partition coefficient (Wildman–Crippen LogP) is 2.78. The van der Waals surface area contributed by atoms with E-state index < -0.39 is 17.6 Å². The van der Waals surface area contributed by atoms with E-state index in [1.807, 2.05) is 13.0 Å². The van der Waals surface area contributed by atoms with Gasteiger partial charge in [0.2, 0.25) is 5.91 Å². The largest absolute Gasteiger partial charge is 0.272 e. The molecular weight excluding hydrogens is 445 g/mol. The highest BCUT2D eigenvalue weighted by atomic mass is 32.2. The number of benzene rings is 2. The quantitative estimate of drug-likeness (QED) is 0.268. The van der Waals surface area contributed by atoms with Crippen molar-refractivity contribution in [3.05, 3.63) is 94.2 Å². The molecule has 0 saturated heterocycles. The number of hydrogen-bond donors (Lipinski definition) is 2. The molecule has 33 heavy (non-hydrogen) atoms. The van der Waals surface area contributed by atoms with Crippen LogP contribution < -0.4 is 16.4 Å². The zero-order chi connectivity index (χ0) is 23.4. The number of rotatable bonds is 5.